The maximum absolute atomic E-state index is 12.5. The number of nitrogens with zero attached hydrogens (tertiary/aromatic N) is 2. The molecule has 0 spiro atoms. The van der Waals surface area contributed by atoms with Crippen LogP contribution in [0.1, 0.15) is 29.8 Å². The number of carbonyl (C=O) groups is 2. The standard InChI is InChI=1S/C16H16N2O4/c19-15(18-9-5-4-8-13(18)16(20)21)14-10-12(17-22-14)11-6-2-1-3-7-11/h1-3,6-7,10,13H,4-5,8-9H2,(H,20,21). The Labute approximate surface area is 127 Å². The van der Waals surface area contributed by atoms with Gasteiger partial charge in [0.2, 0.25) is 5.76 Å². The minimum atomic E-state index is -0.976. The average Bonchev–Trinajstić information content (AvgIpc) is 3.05. The van der Waals surface area contributed by atoms with E-state index < -0.39 is 17.9 Å². The van der Waals surface area contributed by atoms with Crippen LogP contribution < -0.4 is 0 Å². The molecule has 1 N–H and O–H groups in total. The van der Waals surface area contributed by atoms with Gasteiger partial charge in [-0.25, -0.2) is 4.79 Å². The molecule has 0 saturated carbocycles. The Balaban J connectivity index is 1.83. The number of rotatable bonds is 3. The van der Waals surface area contributed by atoms with Gasteiger partial charge in [-0.1, -0.05) is 35.5 Å². The molecular formula is C16H16N2O4. The van der Waals surface area contributed by atoms with Crippen molar-refractivity contribution in [1.29, 1.82) is 0 Å². The van der Waals surface area contributed by atoms with E-state index in [1.54, 1.807) is 6.07 Å². The molecule has 1 fully saturated rings. The molecule has 1 aromatic heterocycles. The van der Waals surface area contributed by atoms with E-state index in [2.05, 4.69) is 5.16 Å². The topological polar surface area (TPSA) is 83.6 Å². The Morgan fingerprint density at radius 2 is 2.00 bits per heavy atom. The van der Waals surface area contributed by atoms with Crippen LogP contribution in [0.25, 0.3) is 11.3 Å². The molecule has 1 amide bonds. The number of piperidine rings is 1. The van der Waals surface area contributed by atoms with E-state index in [9.17, 15) is 14.7 Å². The molecule has 0 radical (unpaired) electrons. The van der Waals surface area contributed by atoms with Gasteiger partial charge in [0, 0.05) is 18.2 Å². The minimum absolute atomic E-state index is 0.0759. The van der Waals surface area contributed by atoms with Crippen molar-refractivity contribution < 1.29 is 19.2 Å². The molecule has 1 unspecified atom stereocenters. The van der Waals surface area contributed by atoms with Crippen molar-refractivity contribution in [2.45, 2.75) is 25.3 Å². The Morgan fingerprint density at radius 1 is 1.23 bits per heavy atom. The molecule has 1 aliphatic heterocycles. The Morgan fingerprint density at radius 3 is 2.73 bits per heavy atom. The summed E-state index contributed by atoms with van der Waals surface area (Å²) in [6.07, 6.45) is 2.09. The summed E-state index contributed by atoms with van der Waals surface area (Å²) in [6.45, 7) is 0.428. The zero-order valence-corrected chi connectivity index (χ0v) is 11.9. The van der Waals surface area contributed by atoms with Gasteiger partial charge in [0.25, 0.3) is 5.91 Å². The van der Waals surface area contributed by atoms with E-state index in [1.807, 2.05) is 30.3 Å². The van der Waals surface area contributed by atoms with Gasteiger partial charge in [0.05, 0.1) is 0 Å². The molecule has 2 heterocycles. The third-order valence-electron chi connectivity index (χ3n) is 3.84. The number of carboxylic acid groups (broad SMARTS) is 1. The predicted octanol–water partition coefficient (Wildman–Crippen LogP) is 2.42. The quantitative estimate of drug-likeness (QED) is 0.941. The number of amides is 1. The molecule has 3 rings (SSSR count). The van der Waals surface area contributed by atoms with E-state index in [1.165, 1.54) is 4.90 Å². The van der Waals surface area contributed by atoms with Crippen LogP contribution in [0.3, 0.4) is 0 Å². The average molecular weight is 300 g/mol. The van der Waals surface area contributed by atoms with E-state index in [4.69, 9.17) is 4.52 Å². The van der Waals surface area contributed by atoms with Gasteiger partial charge in [0.1, 0.15) is 11.7 Å². The summed E-state index contributed by atoms with van der Waals surface area (Å²) in [5.41, 5.74) is 1.41. The minimum Gasteiger partial charge on any atom is -0.480 e. The summed E-state index contributed by atoms with van der Waals surface area (Å²) in [5.74, 6) is -1.32. The molecular weight excluding hydrogens is 284 g/mol. The molecule has 1 aliphatic rings. The highest BCUT2D eigenvalue weighted by molar-refractivity contribution is 5.95. The highest BCUT2D eigenvalue weighted by Gasteiger charge is 2.34. The number of hydrogen-bond donors (Lipinski definition) is 1. The van der Waals surface area contributed by atoms with Gasteiger partial charge in [-0.2, -0.15) is 0 Å². The molecule has 1 saturated heterocycles. The fourth-order valence-electron chi connectivity index (χ4n) is 2.69. The number of likely N-dealkylation sites (tertiary alicyclic amines) is 1. The lowest BCUT2D eigenvalue weighted by Gasteiger charge is -2.31. The molecule has 114 valence electrons. The van der Waals surface area contributed by atoms with Crippen LogP contribution in [0.2, 0.25) is 0 Å². The van der Waals surface area contributed by atoms with Gasteiger partial charge >= 0.3 is 5.97 Å². The lowest BCUT2D eigenvalue weighted by atomic mass is 10.0. The van der Waals surface area contributed by atoms with E-state index >= 15 is 0 Å². The van der Waals surface area contributed by atoms with Crippen LogP contribution in [0.4, 0.5) is 0 Å². The molecule has 1 atom stereocenters. The maximum atomic E-state index is 12.5. The normalized spacial score (nSPS) is 18.2. The fraction of sp³-hybridized carbons (Fsp3) is 0.312. The molecule has 6 heteroatoms. The van der Waals surface area contributed by atoms with Crippen molar-refractivity contribution in [2.75, 3.05) is 6.54 Å². The summed E-state index contributed by atoms with van der Waals surface area (Å²) < 4.78 is 5.13. The van der Waals surface area contributed by atoms with Crippen LogP contribution >= 0.6 is 0 Å². The first kappa shape index (κ1) is 14.3. The third-order valence-corrected chi connectivity index (χ3v) is 3.84. The van der Waals surface area contributed by atoms with Crippen molar-refractivity contribution in [1.82, 2.24) is 10.1 Å². The Hall–Kier alpha value is -2.63. The number of carbonyl (C=O) groups excluding carboxylic acids is 1. The van der Waals surface area contributed by atoms with Crippen molar-refractivity contribution in [3.63, 3.8) is 0 Å². The largest absolute Gasteiger partial charge is 0.480 e. The van der Waals surface area contributed by atoms with Gasteiger partial charge in [-0.05, 0) is 19.3 Å². The van der Waals surface area contributed by atoms with Crippen molar-refractivity contribution in [2.24, 2.45) is 0 Å². The van der Waals surface area contributed by atoms with Crippen molar-refractivity contribution >= 4 is 11.9 Å². The first-order valence-corrected chi connectivity index (χ1v) is 7.23. The first-order valence-electron chi connectivity index (χ1n) is 7.23. The van der Waals surface area contributed by atoms with Crippen LogP contribution in [0.5, 0.6) is 0 Å². The predicted molar refractivity (Wildman–Crippen MR) is 78.3 cm³/mol. The molecule has 2 aromatic rings. The van der Waals surface area contributed by atoms with Gasteiger partial charge in [-0.15, -0.1) is 0 Å². The number of benzene rings is 1. The number of hydrogen-bond acceptors (Lipinski definition) is 4. The molecule has 0 bridgehead atoms. The van der Waals surface area contributed by atoms with Crippen LogP contribution in [0.15, 0.2) is 40.9 Å². The van der Waals surface area contributed by atoms with Crippen molar-refractivity contribution in [3.05, 3.63) is 42.2 Å². The van der Waals surface area contributed by atoms with Gasteiger partial charge in [0.15, 0.2) is 0 Å². The van der Waals surface area contributed by atoms with Crippen LogP contribution in [0, 0.1) is 0 Å². The summed E-state index contributed by atoms with van der Waals surface area (Å²) >= 11 is 0. The zero-order chi connectivity index (χ0) is 15.5. The number of aliphatic carboxylic acids is 1. The van der Waals surface area contributed by atoms with Crippen LogP contribution in [-0.4, -0.2) is 39.6 Å². The maximum Gasteiger partial charge on any atom is 0.326 e. The highest BCUT2D eigenvalue weighted by Crippen LogP contribution is 2.23. The zero-order valence-electron chi connectivity index (χ0n) is 11.9. The monoisotopic (exact) mass is 300 g/mol. The Bertz CT molecular complexity index is 680. The first-order chi connectivity index (χ1) is 10.7. The van der Waals surface area contributed by atoms with E-state index in [0.717, 1.165) is 18.4 Å². The van der Waals surface area contributed by atoms with Crippen molar-refractivity contribution in [3.8, 4) is 11.3 Å². The van der Waals surface area contributed by atoms with E-state index in [0.29, 0.717) is 18.7 Å². The molecule has 6 nitrogen and oxygen atoms in total. The molecule has 0 aliphatic carbocycles. The third kappa shape index (κ3) is 2.72. The molecule has 22 heavy (non-hydrogen) atoms. The Kier molecular flexibility index (Phi) is 3.91. The highest BCUT2D eigenvalue weighted by atomic mass is 16.5. The summed E-state index contributed by atoms with van der Waals surface area (Å²) in [4.78, 5) is 25.1. The second-order valence-electron chi connectivity index (χ2n) is 5.29. The summed E-state index contributed by atoms with van der Waals surface area (Å²) in [7, 11) is 0. The van der Waals surface area contributed by atoms with Gasteiger partial charge in [-0.3, -0.25) is 4.79 Å². The fourth-order valence-corrected chi connectivity index (χ4v) is 2.69. The summed E-state index contributed by atoms with van der Waals surface area (Å²) in [6, 6.07) is 10.1. The number of carboxylic acids is 1. The second kappa shape index (κ2) is 6.01. The van der Waals surface area contributed by atoms with Crippen LogP contribution in [-0.2, 0) is 4.79 Å². The summed E-state index contributed by atoms with van der Waals surface area (Å²) in [5, 5.41) is 13.1. The lowest BCUT2D eigenvalue weighted by molar-refractivity contribution is -0.143. The van der Waals surface area contributed by atoms with E-state index in [-0.39, 0.29) is 5.76 Å². The number of aromatic nitrogens is 1. The smallest absolute Gasteiger partial charge is 0.326 e. The van der Waals surface area contributed by atoms with Gasteiger partial charge < -0.3 is 14.5 Å². The lowest BCUT2D eigenvalue weighted by Crippen LogP contribution is -2.47. The second-order valence-corrected chi connectivity index (χ2v) is 5.29. The molecule has 1 aromatic carbocycles. The SMILES string of the molecule is O=C(O)C1CCCCN1C(=O)c1cc(-c2ccccc2)no1.